The van der Waals surface area contributed by atoms with Gasteiger partial charge in [-0.25, -0.2) is 9.78 Å². The summed E-state index contributed by atoms with van der Waals surface area (Å²) in [5, 5.41) is 9.77. The Bertz CT molecular complexity index is 463. The monoisotopic (exact) mass is 282 g/mol. The van der Waals surface area contributed by atoms with Crippen LogP contribution >= 0.6 is 11.3 Å². The van der Waals surface area contributed by atoms with Crippen molar-refractivity contribution in [3.8, 4) is 0 Å². The van der Waals surface area contributed by atoms with E-state index in [4.69, 9.17) is 5.11 Å². The van der Waals surface area contributed by atoms with Gasteiger partial charge in [-0.1, -0.05) is 18.3 Å². The summed E-state index contributed by atoms with van der Waals surface area (Å²) in [7, 11) is 0. The maximum Gasteiger partial charge on any atom is 0.356 e. The van der Waals surface area contributed by atoms with Gasteiger partial charge < -0.3 is 10.0 Å². The summed E-state index contributed by atoms with van der Waals surface area (Å²) in [5.41, 5.74) is -0.107. The number of nitrogens with zero attached hydrogens (tertiary/aromatic N) is 2. The van der Waals surface area contributed by atoms with Crippen LogP contribution in [0.25, 0.3) is 0 Å². The average Bonchev–Trinajstić information content (AvgIpc) is 3.04. The minimum Gasteiger partial charge on any atom is -0.476 e. The molecule has 1 saturated carbocycles. The van der Waals surface area contributed by atoms with Gasteiger partial charge >= 0.3 is 5.97 Å². The van der Waals surface area contributed by atoms with Crippen molar-refractivity contribution in [1.82, 2.24) is 4.98 Å². The molecule has 0 atom stereocenters. The molecule has 1 aliphatic carbocycles. The molecule has 1 N–H and O–H groups in total. The molecule has 2 rings (SSSR count). The molecule has 1 aliphatic rings. The molecule has 104 valence electrons. The van der Waals surface area contributed by atoms with Gasteiger partial charge in [0.15, 0.2) is 16.6 Å². The van der Waals surface area contributed by atoms with Gasteiger partial charge in [-0.05, 0) is 25.2 Å². The lowest BCUT2D eigenvalue weighted by Crippen LogP contribution is -2.26. The average molecular weight is 282 g/mol. The summed E-state index contributed by atoms with van der Waals surface area (Å²) in [6.45, 7) is 5.23. The second-order valence-electron chi connectivity index (χ2n) is 4.92. The van der Waals surface area contributed by atoms with E-state index < -0.39 is 5.97 Å². The number of ketones is 1. The van der Waals surface area contributed by atoms with Gasteiger partial charge in [0.25, 0.3) is 0 Å². The van der Waals surface area contributed by atoms with Crippen LogP contribution in [0.1, 0.15) is 53.3 Å². The van der Waals surface area contributed by atoms with Crippen molar-refractivity contribution in [1.29, 1.82) is 0 Å². The van der Waals surface area contributed by atoms with E-state index in [9.17, 15) is 9.59 Å². The summed E-state index contributed by atoms with van der Waals surface area (Å²) in [6, 6.07) is 0. The van der Waals surface area contributed by atoms with Crippen LogP contribution in [-0.4, -0.2) is 34.9 Å². The molecule has 0 spiro atoms. The fraction of sp³-hybridized carbons (Fsp3) is 0.615. The van der Waals surface area contributed by atoms with Gasteiger partial charge in [-0.2, -0.15) is 0 Å². The van der Waals surface area contributed by atoms with Gasteiger partial charge in [0, 0.05) is 20.0 Å². The molecule has 1 aromatic rings. The number of aromatic carboxylic acids is 1. The summed E-state index contributed by atoms with van der Waals surface area (Å²) in [5.74, 6) is -0.663. The van der Waals surface area contributed by atoms with Crippen molar-refractivity contribution in [2.75, 3.05) is 18.0 Å². The number of rotatable bonds is 7. The summed E-state index contributed by atoms with van der Waals surface area (Å²) >= 11 is 1.20. The van der Waals surface area contributed by atoms with Crippen LogP contribution in [0, 0.1) is 5.92 Å². The highest BCUT2D eigenvalue weighted by Gasteiger charge is 2.28. The molecule has 0 aliphatic heterocycles. The minimum absolute atomic E-state index is 0.107. The van der Waals surface area contributed by atoms with Crippen LogP contribution in [0.15, 0.2) is 0 Å². The lowest BCUT2D eigenvalue weighted by molar-refractivity contribution is 0.0687. The summed E-state index contributed by atoms with van der Waals surface area (Å²) in [4.78, 5) is 29.1. The van der Waals surface area contributed by atoms with E-state index in [1.54, 1.807) is 0 Å². The smallest absolute Gasteiger partial charge is 0.356 e. The lowest BCUT2D eigenvalue weighted by atomic mass is 10.3. The largest absolute Gasteiger partial charge is 0.476 e. The molecule has 0 unspecified atom stereocenters. The van der Waals surface area contributed by atoms with Crippen molar-refractivity contribution < 1.29 is 14.7 Å². The molecule has 6 heteroatoms. The van der Waals surface area contributed by atoms with E-state index in [2.05, 4.69) is 16.8 Å². The first kappa shape index (κ1) is 14.0. The van der Waals surface area contributed by atoms with E-state index >= 15 is 0 Å². The molecule has 0 aromatic carbocycles. The quantitative estimate of drug-likeness (QED) is 0.778. The number of thiazole rings is 1. The van der Waals surface area contributed by atoms with Crippen molar-refractivity contribution in [2.24, 2.45) is 5.92 Å². The Kier molecular flexibility index (Phi) is 4.19. The first-order chi connectivity index (χ1) is 9.02. The van der Waals surface area contributed by atoms with Crippen molar-refractivity contribution in [3.63, 3.8) is 0 Å². The highest BCUT2D eigenvalue weighted by atomic mass is 32.1. The Labute approximate surface area is 116 Å². The number of carboxylic acids is 1. The van der Waals surface area contributed by atoms with E-state index in [0.29, 0.717) is 11.0 Å². The summed E-state index contributed by atoms with van der Waals surface area (Å²) < 4.78 is 0. The molecular formula is C13H18N2O3S. The van der Waals surface area contributed by atoms with Crippen LogP contribution in [0.4, 0.5) is 5.13 Å². The first-order valence-corrected chi connectivity index (χ1v) is 7.34. The molecular weight excluding hydrogens is 264 g/mol. The number of hydrogen-bond acceptors (Lipinski definition) is 5. The van der Waals surface area contributed by atoms with Gasteiger partial charge in [-0.3, -0.25) is 4.79 Å². The van der Waals surface area contributed by atoms with E-state index in [-0.39, 0.29) is 16.4 Å². The Morgan fingerprint density at radius 3 is 2.58 bits per heavy atom. The zero-order chi connectivity index (χ0) is 14.0. The van der Waals surface area contributed by atoms with Gasteiger partial charge in [0.1, 0.15) is 4.88 Å². The second-order valence-corrected chi connectivity index (χ2v) is 5.90. The fourth-order valence-electron chi connectivity index (χ4n) is 1.97. The summed E-state index contributed by atoms with van der Waals surface area (Å²) in [6.07, 6.45) is 3.44. The topological polar surface area (TPSA) is 70.5 Å². The maximum atomic E-state index is 11.5. The molecule has 0 bridgehead atoms. The van der Waals surface area contributed by atoms with E-state index in [0.717, 1.165) is 19.5 Å². The van der Waals surface area contributed by atoms with Gasteiger partial charge in [0.05, 0.1) is 0 Å². The molecule has 1 aromatic heterocycles. The number of carbonyl (C=O) groups is 2. The van der Waals surface area contributed by atoms with Crippen LogP contribution < -0.4 is 4.90 Å². The van der Waals surface area contributed by atoms with Gasteiger partial charge in [-0.15, -0.1) is 0 Å². The molecule has 1 fully saturated rings. The first-order valence-electron chi connectivity index (χ1n) is 6.53. The third-order valence-electron chi connectivity index (χ3n) is 3.08. The predicted molar refractivity (Wildman–Crippen MR) is 74.3 cm³/mol. The number of anilines is 1. The minimum atomic E-state index is -1.13. The third-order valence-corrected chi connectivity index (χ3v) is 4.29. The van der Waals surface area contributed by atoms with Crippen LogP contribution in [0.5, 0.6) is 0 Å². The molecule has 0 radical (unpaired) electrons. The normalized spacial score (nSPS) is 14.4. The Hall–Kier alpha value is -1.43. The van der Waals surface area contributed by atoms with E-state index in [1.807, 2.05) is 0 Å². The Morgan fingerprint density at radius 2 is 2.16 bits per heavy atom. The highest BCUT2D eigenvalue weighted by molar-refractivity contribution is 7.17. The molecule has 0 saturated heterocycles. The van der Waals surface area contributed by atoms with Crippen molar-refractivity contribution in [3.05, 3.63) is 10.6 Å². The zero-order valence-corrected chi connectivity index (χ0v) is 12.0. The Balaban J connectivity index is 2.27. The van der Waals surface area contributed by atoms with E-state index in [1.165, 1.54) is 31.1 Å². The predicted octanol–water partition coefficient (Wildman–Crippen LogP) is 2.67. The van der Waals surface area contributed by atoms with Crippen LogP contribution in [0.3, 0.4) is 0 Å². The fourth-order valence-corrected chi connectivity index (χ4v) is 2.96. The maximum absolute atomic E-state index is 11.5. The Morgan fingerprint density at radius 1 is 1.47 bits per heavy atom. The number of carbonyl (C=O) groups excluding carboxylic acids is 1. The highest BCUT2D eigenvalue weighted by Crippen LogP contribution is 2.34. The second kappa shape index (κ2) is 5.69. The lowest BCUT2D eigenvalue weighted by Gasteiger charge is -2.20. The third kappa shape index (κ3) is 3.32. The number of hydrogen-bond donors (Lipinski definition) is 1. The molecule has 5 nitrogen and oxygen atoms in total. The van der Waals surface area contributed by atoms with Crippen molar-refractivity contribution >= 4 is 28.2 Å². The zero-order valence-electron chi connectivity index (χ0n) is 11.2. The van der Waals surface area contributed by atoms with Crippen molar-refractivity contribution in [2.45, 2.75) is 33.1 Å². The van der Waals surface area contributed by atoms with Crippen LogP contribution in [0.2, 0.25) is 0 Å². The standard InChI is InChI=1S/C13H18N2O3S/c1-3-6-15(7-9-4-5-9)13-14-10(12(17)18)11(19-13)8(2)16/h9H,3-7H2,1-2H3,(H,17,18). The van der Waals surface area contributed by atoms with Gasteiger partial charge in [0.2, 0.25) is 0 Å². The SMILES string of the molecule is CCCN(CC1CC1)c1nc(C(=O)O)c(C(C)=O)s1. The number of Topliss-reactive ketones (excluding diaryl/α,β-unsaturated/α-hetero) is 1. The molecule has 1 heterocycles. The van der Waals surface area contributed by atoms with Crippen LogP contribution in [-0.2, 0) is 0 Å². The molecule has 19 heavy (non-hydrogen) atoms. The number of aromatic nitrogens is 1. The molecule has 0 amide bonds. The number of carboxylic acid groups (broad SMARTS) is 1.